The van der Waals surface area contributed by atoms with E-state index in [2.05, 4.69) is 40.5 Å². The lowest BCUT2D eigenvalue weighted by atomic mass is 10.1. The maximum atomic E-state index is 3.60. The minimum absolute atomic E-state index is 0.780. The molecule has 0 atom stereocenters. The normalized spacial score (nSPS) is 7.15. The second kappa shape index (κ2) is 22.5. The molecular formula is C13H26. The minimum atomic E-state index is 0.780. The summed E-state index contributed by atoms with van der Waals surface area (Å²) in [6.45, 7) is 18.8. The molecule has 0 aliphatic carbocycles. The average molecular weight is 182 g/mol. The summed E-state index contributed by atoms with van der Waals surface area (Å²) in [5.41, 5.74) is 0. The SMILES string of the molecule is C=CC.C=CCC.C=CCC(C)C. The Bertz CT molecular complexity index is 98.6. The van der Waals surface area contributed by atoms with Gasteiger partial charge in [0.25, 0.3) is 0 Å². The molecule has 0 bridgehead atoms. The van der Waals surface area contributed by atoms with Gasteiger partial charge in [0.15, 0.2) is 0 Å². The Hall–Kier alpha value is -0.780. The molecule has 78 valence electrons. The predicted octanol–water partition coefficient (Wildman–Crippen LogP) is 4.99. The van der Waals surface area contributed by atoms with Crippen molar-refractivity contribution in [3.05, 3.63) is 38.0 Å². The minimum Gasteiger partial charge on any atom is -0.103 e. The average Bonchev–Trinajstić information content (AvgIpc) is 2.06. The molecule has 0 aromatic heterocycles. The fourth-order valence-electron chi connectivity index (χ4n) is 0.333. The molecule has 0 radical (unpaired) electrons. The lowest BCUT2D eigenvalue weighted by Crippen LogP contribution is -1.78. The molecule has 0 saturated carbocycles. The molecule has 0 aliphatic heterocycles. The van der Waals surface area contributed by atoms with Crippen molar-refractivity contribution < 1.29 is 0 Å². The van der Waals surface area contributed by atoms with Crippen LogP contribution >= 0.6 is 0 Å². The Kier molecular flexibility index (Phi) is 31.3. The number of hydrogen-bond acceptors (Lipinski definition) is 0. The molecule has 0 spiro atoms. The molecule has 0 saturated heterocycles. The Balaban J connectivity index is -0.000000125. The van der Waals surface area contributed by atoms with E-state index < -0.39 is 0 Å². The predicted molar refractivity (Wildman–Crippen MR) is 66.0 cm³/mol. The summed E-state index contributed by atoms with van der Waals surface area (Å²) in [4.78, 5) is 0. The van der Waals surface area contributed by atoms with Crippen LogP contribution in [0.5, 0.6) is 0 Å². The molecule has 0 N–H and O–H groups in total. The lowest BCUT2D eigenvalue weighted by Gasteiger charge is -1.92. The van der Waals surface area contributed by atoms with Crippen LogP contribution < -0.4 is 0 Å². The van der Waals surface area contributed by atoms with Gasteiger partial charge >= 0.3 is 0 Å². The zero-order valence-corrected chi connectivity index (χ0v) is 9.84. The highest BCUT2D eigenvalue weighted by Crippen LogP contribution is 1.96. The van der Waals surface area contributed by atoms with E-state index in [1.54, 1.807) is 6.08 Å². The molecule has 0 aliphatic rings. The molecule has 13 heavy (non-hydrogen) atoms. The maximum Gasteiger partial charge on any atom is -0.0330 e. The molecular weight excluding hydrogens is 156 g/mol. The van der Waals surface area contributed by atoms with E-state index in [0.29, 0.717) is 0 Å². The van der Waals surface area contributed by atoms with E-state index in [9.17, 15) is 0 Å². The molecule has 0 heteroatoms. The lowest BCUT2D eigenvalue weighted by molar-refractivity contribution is 0.664. The summed E-state index contributed by atoms with van der Waals surface area (Å²) < 4.78 is 0. The third kappa shape index (κ3) is 92.0. The molecule has 0 nitrogen and oxygen atoms in total. The second-order valence-electron chi connectivity index (χ2n) is 3.02. The van der Waals surface area contributed by atoms with Crippen LogP contribution in [-0.4, -0.2) is 0 Å². The quantitative estimate of drug-likeness (QED) is 0.539. The van der Waals surface area contributed by atoms with Crippen molar-refractivity contribution in [2.24, 2.45) is 5.92 Å². The van der Waals surface area contributed by atoms with Gasteiger partial charge in [-0.25, -0.2) is 0 Å². The fraction of sp³-hybridized carbons (Fsp3) is 0.538. The summed E-state index contributed by atoms with van der Waals surface area (Å²) in [7, 11) is 0. The van der Waals surface area contributed by atoms with Gasteiger partial charge in [0, 0.05) is 0 Å². The van der Waals surface area contributed by atoms with Gasteiger partial charge in [-0.1, -0.05) is 39.0 Å². The van der Waals surface area contributed by atoms with Crippen molar-refractivity contribution in [3.63, 3.8) is 0 Å². The highest BCUT2D eigenvalue weighted by atomic mass is 13.9. The molecule has 0 fully saturated rings. The Morgan fingerprint density at radius 2 is 1.38 bits per heavy atom. The van der Waals surface area contributed by atoms with Crippen LogP contribution in [0, 0.1) is 5.92 Å². The van der Waals surface area contributed by atoms with Crippen molar-refractivity contribution in [1.29, 1.82) is 0 Å². The van der Waals surface area contributed by atoms with Gasteiger partial charge in [0.2, 0.25) is 0 Å². The zero-order valence-electron chi connectivity index (χ0n) is 9.84. The standard InChI is InChI=1S/C6H12.C4H8.C3H6/c1-4-5-6(2)3;1-3-4-2;1-3-2/h4,6H,1,5H2,2-3H3;3H,1,4H2,2H3;3H,1H2,2H3. The smallest absolute Gasteiger partial charge is 0.0330 e. The van der Waals surface area contributed by atoms with Crippen molar-refractivity contribution in [2.75, 3.05) is 0 Å². The number of hydrogen-bond donors (Lipinski definition) is 0. The second-order valence-corrected chi connectivity index (χ2v) is 3.02. The van der Waals surface area contributed by atoms with Crippen LogP contribution in [0.25, 0.3) is 0 Å². The molecule has 0 amide bonds. The first-order valence-electron chi connectivity index (χ1n) is 4.89. The van der Waals surface area contributed by atoms with Crippen LogP contribution in [-0.2, 0) is 0 Å². The van der Waals surface area contributed by atoms with Gasteiger partial charge in [-0.05, 0) is 25.7 Å². The summed E-state index contributed by atoms with van der Waals surface area (Å²) in [6, 6.07) is 0. The summed E-state index contributed by atoms with van der Waals surface area (Å²) in [6.07, 6.45) is 7.80. The number of rotatable bonds is 3. The molecule has 0 aromatic rings. The largest absolute Gasteiger partial charge is 0.103 e. The van der Waals surface area contributed by atoms with Gasteiger partial charge in [-0.3, -0.25) is 0 Å². The first-order valence-corrected chi connectivity index (χ1v) is 4.89. The van der Waals surface area contributed by atoms with E-state index in [1.165, 1.54) is 0 Å². The highest BCUT2D eigenvalue weighted by Gasteiger charge is 1.82. The third-order valence-electron chi connectivity index (χ3n) is 0.927. The van der Waals surface area contributed by atoms with Crippen molar-refractivity contribution >= 4 is 0 Å². The van der Waals surface area contributed by atoms with Crippen LogP contribution in [0.15, 0.2) is 38.0 Å². The highest BCUT2D eigenvalue weighted by molar-refractivity contribution is 4.67. The van der Waals surface area contributed by atoms with E-state index in [-0.39, 0.29) is 0 Å². The maximum absolute atomic E-state index is 3.60. The van der Waals surface area contributed by atoms with Gasteiger partial charge in [-0.15, -0.1) is 19.7 Å². The monoisotopic (exact) mass is 182 g/mol. The zero-order chi connectivity index (χ0) is 11.1. The molecule has 0 aromatic carbocycles. The fourth-order valence-corrected chi connectivity index (χ4v) is 0.333. The van der Waals surface area contributed by atoms with Crippen LogP contribution in [0.2, 0.25) is 0 Å². The van der Waals surface area contributed by atoms with Crippen molar-refractivity contribution in [2.45, 2.75) is 40.5 Å². The van der Waals surface area contributed by atoms with Gasteiger partial charge in [-0.2, -0.15) is 0 Å². The van der Waals surface area contributed by atoms with Crippen LogP contribution in [0.1, 0.15) is 40.5 Å². The van der Waals surface area contributed by atoms with Gasteiger partial charge < -0.3 is 0 Å². The van der Waals surface area contributed by atoms with Crippen LogP contribution in [0.4, 0.5) is 0 Å². The molecule has 0 heterocycles. The third-order valence-corrected chi connectivity index (χ3v) is 0.927. The van der Waals surface area contributed by atoms with Gasteiger partial charge in [0.1, 0.15) is 0 Å². The molecule has 0 unspecified atom stereocenters. The molecule has 0 rings (SSSR count). The van der Waals surface area contributed by atoms with Crippen LogP contribution in [0.3, 0.4) is 0 Å². The topological polar surface area (TPSA) is 0 Å². The summed E-state index contributed by atoms with van der Waals surface area (Å²) in [5.74, 6) is 0.780. The Labute approximate surface area is 85.1 Å². The Morgan fingerprint density at radius 3 is 1.38 bits per heavy atom. The van der Waals surface area contributed by atoms with E-state index >= 15 is 0 Å². The van der Waals surface area contributed by atoms with Crippen molar-refractivity contribution in [3.8, 4) is 0 Å². The summed E-state index contributed by atoms with van der Waals surface area (Å²) >= 11 is 0. The van der Waals surface area contributed by atoms with Crippen molar-refractivity contribution in [1.82, 2.24) is 0 Å². The van der Waals surface area contributed by atoms with E-state index in [1.807, 2.05) is 19.1 Å². The van der Waals surface area contributed by atoms with Gasteiger partial charge in [0.05, 0.1) is 0 Å². The summed E-state index contributed by atoms with van der Waals surface area (Å²) in [5, 5.41) is 0. The van der Waals surface area contributed by atoms with E-state index in [0.717, 1.165) is 18.8 Å². The van der Waals surface area contributed by atoms with E-state index in [4.69, 9.17) is 0 Å². The first kappa shape index (κ1) is 18.1. The Morgan fingerprint density at radius 1 is 1.08 bits per heavy atom. The number of allylic oxidation sites excluding steroid dienone is 3. The first-order chi connectivity index (χ1) is 6.10.